The minimum absolute atomic E-state index is 0.456. The summed E-state index contributed by atoms with van der Waals surface area (Å²) in [5, 5.41) is 22.9. The van der Waals surface area contributed by atoms with Gasteiger partial charge >= 0.3 is 7.12 Å². The molecule has 2 N–H and O–H groups in total. The van der Waals surface area contributed by atoms with Crippen LogP contribution < -0.4 is 5.46 Å². The summed E-state index contributed by atoms with van der Waals surface area (Å²) in [6.07, 6.45) is 3.81. The number of rotatable bonds is 6. The fourth-order valence-electron chi connectivity index (χ4n) is 6.04. The number of aromatic nitrogens is 2. The van der Waals surface area contributed by atoms with Crippen LogP contribution in [0.5, 0.6) is 0 Å². The van der Waals surface area contributed by atoms with Crippen molar-refractivity contribution in [1.82, 2.24) is 9.13 Å². The van der Waals surface area contributed by atoms with Crippen molar-refractivity contribution in [3.8, 4) is 22.5 Å². The van der Waals surface area contributed by atoms with E-state index in [1.807, 2.05) is 54.6 Å². The molecule has 0 aliphatic carbocycles. The Morgan fingerprint density at radius 3 is 1.88 bits per heavy atom. The molecule has 7 aromatic rings. The second-order valence-corrected chi connectivity index (χ2v) is 10.2. The Labute approximate surface area is 238 Å². The van der Waals surface area contributed by atoms with Crippen LogP contribution in [0.15, 0.2) is 128 Å². The summed E-state index contributed by atoms with van der Waals surface area (Å²) in [6, 6.07) is 39.2. The van der Waals surface area contributed by atoms with Crippen molar-refractivity contribution in [2.45, 2.75) is 0 Å². The summed E-state index contributed by atoms with van der Waals surface area (Å²) in [7, 11) is -1.52. The van der Waals surface area contributed by atoms with E-state index >= 15 is 0 Å². The van der Waals surface area contributed by atoms with Crippen LogP contribution in [0, 0.1) is 0 Å². The fraction of sp³-hybridized carbons (Fsp3) is 0. The first kappa shape index (κ1) is 24.9. The second kappa shape index (κ2) is 9.83. The normalized spacial score (nSPS) is 11.4. The molecule has 0 aliphatic heterocycles. The zero-order valence-electron chi connectivity index (χ0n) is 22.4. The molecule has 0 saturated heterocycles. The van der Waals surface area contributed by atoms with Gasteiger partial charge in [0.1, 0.15) is 0 Å². The summed E-state index contributed by atoms with van der Waals surface area (Å²) in [5.41, 5.74) is 9.95. The molecule has 5 aromatic carbocycles. The van der Waals surface area contributed by atoms with E-state index in [0.29, 0.717) is 5.46 Å². The van der Waals surface area contributed by atoms with E-state index in [9.17, 15) is 10.0 Å². The predicted molar refractivity (Wildman–Crippen MR) is 173 cm³/mol. The van der Waals surface area contributed by atoms with Crippen LogP contribution in [-0.2, 0) is 0 Å². The summed E-state index contributed by atoms with van der Waals surface area (Å²) in [5.74, 6) is 0. The summed E-state index contributed by atoms with van der Waals surface area (Å²) in [6.45, 7) is 8.24. The van der Waals surface area contributed by atoms with E-state index in [1.54, 1.807) is 6.07 Å². The first-order valence-corrected chi connectivity index (χ1v) is 13.6. The van der Waals surface area contributed by atoms with Crippen LogP contribution >= 0.6 is 0 Å². The molecular weight excluding hydrogens is 503 g/mol. The molecule has 2 heterocycles. The molecule has 0 fully saturated rings. The van der Waals surface area contributed by atoms with Gasteiger partial charge in [0.15, 0.2) is 0 Å². The molecule has 0 amide bonds. The van der Waals surface area contributed by atoms with Crippen molar-refractivity contribution >= 4 is 57.4 Å². The zero-order chi connectivity index (χ0) is 28.1. The first-order chi connectivity index (χ1) is 20.1. The summed E-state index contributed by atoms with van der Waals surface area (Å²) >= 11 is 0. The minimum Gasteiger partial charge on any atom is -0.423 e. The first-order valence-electron chi connectivity index (χ1n) is 13.6. The van der Waals surface area contributed by atoms with Gasteiger partial charge in [0, 0.05) is 33.1 Å². The summed E-state index contributed by atoms with van der Waals surface area (Å²) < 4.78 is 4.41. The number of hydrogen-bond donors (Lipinski definition) is 2. The standard InChI is InChI=1S/C36H27BN2O2/c1-3-29-31-21-24(17-19-35(31)38(33(29)4-2)27-12-6-5-7-13-27)25-18-20-36-32(22-25)30-15-8-9-16-34(30)39(36)28-14-10-11-26(23-28)37(40)41/h3-23,40-41H,1-2H2. The zero-order valence-corrected chi connectivity index (χ0v) is 22.4. The molecule has 0 unspecified atom stereocenters. The molecule has 4 nitrogen and oxygen atoms in total. The van der Waals surface area contributed by atoms with Crippen molar-refractivity contribution in [1.29, 1.82) is 0 Å². The minimum atomic E-state index is -1.52. The monoisotopic (exact) mass is 530 g/mol. The van der Waals surface area contributed by atoms with Gasteiger partial charge in [-0.25, -0.2) is 0 Å². The third-order valence-electron chi connectivity index (χ3n) is 7.89. The van der Waals surface area contributed by atoms with Crippen molar-refractivity contribution < 1.29 is 10.0 Å². The average molecular weight is 530 g/mol. The van der Waals surface area contributed by atoms with Gasteiger partial charge in [0.2, 0.25) is 0 Å². The molecule has 41 heavy (non-hydrogen) atoms. The molecule has 2 aromatic heterocycles. The fourth-order valence-corrected chi connectivity index (χ4v) is 6.04. The topological polar surface area (TPSA) is 50.3 Å². The van der Waals surface area contributed by atoms with Gasteiger partial charge in [-0.2, -0.15) is 0 Å². The lowest BCUT2D eigenvalue weighted by Gasteiger charge is -2.10. The van der Waals surface area contributed by atoms with Crippen molar-refractivity contribution in [3.63, 3.8) is 0 Å². The number of fused-ring (bicyclic) bond motifs is 4. The SMILES string of the molecule is C=Cc1c(C=C)n(-c2ccccc2)c2ccc(-c3ccc4c(c3)c3ccccc3n4-c3cccc(B(O)O)c3)cc12. The van der Waals surface area contributed by atoms with Crippen molar-refractivity contribution in [2.24, 2.45) is 0 Å². The molecule has 0 aliphatic rings. The van der Waals surface area contributed by atoms with E-state index in [4.69, 9.17) is 0 Å². The highest BCUT2D eigenvalue weighted by atomic mass is 16.4. The maximum absolute atomic E-state index is 9.78. The van der Waals surface area contributed by atoms with E-state index in [1.165, 1.54) is 0 Å². The van der Waals surface area contributed by atoms with E-state index in [-0.39, 0.29) is 0 Å². The molecule has 0 spiro atoms. The van der Waals surface area contributed by atoms with Crippen LogP contribution in [0.1, 0.15) is 11.3 Å². The maximum atomic E-state index is 9.78. The Kier molecular flexibility index (Phi) is 5.97. The van der Waals surface area contributed by atoms with Gasteiger partial charge in [-0.05, 0) is 77.3 Å². The van der Waals surface area contributed by atoms with E-state index in [2.05, 4.69) is 89.0 Å². The van der Waals surface area contributed by atoms with Crippen molar-refractivity contribution in [2.75, 3.05) is 0 Å². The lowest BCUT2D eigenvalue weighted by molar-refractivity contribution is 0.426. The van der Waals surface area contributed by atoms with Gasteiger partial charge in [0.05, 0.1) is 22.2 Å². The van der Waals surface area contributed by atoms with Crippen LogP contribution in [0.25, 0.3) is 67.4 Å². The predicted octanol–water partition coefficient (Wildman–Crippen LogP) is 7.36. The highest BCUT2D eigenvalue weighted by Crippen LogP contribution is 2.37. The lowest BCUT2D eigenvalue weighted by atomic mass is 9.80. The Morgan fingerprint density at radius 1 is 0.537 bits per heavy atom. The number of benzene rings is 5. The molecule has 7 rings (SSSR count). The average Bonchev–Trinajstić information content (AvgIpc) is 3.53. The molecule has 0 radical (unpaired) electrons. The molecular formula is C36H27BN2O2. The third-order valence-corrected chi connectivity index (χ3v) is 7.89. The Bertz CT molecular complexity index is 2120. The van der Waals surface area contributed by atoms with Crippen LogP contribution in [0.4, 0.5) is 0 Å². The third kappa shape index (κ3) is 3.94. The molecule has 0 bridgehead atoms. The van der Waals surface area contributed by atoms with Gasteiger partial charge < -0.3 is 19.2 Å². The quantitative estimate of drug-likeness (QED) is 0.221. The highest BCUT2D eigenvalue weighted by molar-refractivity contribution is 6.58. The molecule has 0 atom stereocenters. The van der Waals surface area contributed by atoms with Gasteiger partial charge in [0.25, 0.3) is 0 Å². The smallest absolute Gasteiger partial charge is 0.423 e. The number of hydrogen-bond acceptors (Lipinski definition) is 2. The van der Waals surface area contributed by atoms with Gasteiger partial charge in [-0.1, -0.05) is 79.9 Å². The number of nitrogens with zero attached hydrogens (tertiary/aromatic N) is 2. The van der Waals surface area contributed by atoms with Crippen molar-refractivity contribution in [3.05, 3.63) is 140 Å². The van der Waals surface area contributed by atoms with Gasteiger partial charge in [-0.15, -0.1) is 0 Å². The molecule has 5 heteroatoms. The van der Waals surface area contributed by atoms with Crippen LogP contribution in [-0.4, -0.2) is 26.3 Å². The maximum Gasteiger partial charge on any atom is 0.488 e. The van der Waals surface area contributed by atoms with E-state index in [0.717, 1.165) is 66.5 Å². The molecule has 196 valence electrons. The second-order valence-electron chi connectivity index (χ2n) is 10.2. The molecule has 0 saturated carbocycles. The summed E-state index contributed by atoms with van der Waals surface area (Å²) in [4.78, 5) is 0. The number of para-hydroxylation sites is 2. The van der Waals surface area contributed by atoms with E-state index < -0.39 is 7.12 Å². The van der Waals surface area contributed by atoms with Crippen LogP contribution in [0.2, 0.25) is 0 Å². The Hall–Kier alpha value is -5.10. The Morgan fingerprint density at radius 2 is 1.17 bits per heavy atom. The lowest BCUT2D eigenvalue weighted by Crippen LogP contribution is -2.29. The largest absolute Gasteiger partial charge is 0.488 e. The Balaban J connectivity index is 1.44. The van der Waals surface area contributed by atoms with Crippen LogP contribution in [0.3, 0.4) is 0 Å². The van der Waals surface area contributed by atoms with Gasteiger partial charge in [-0.3, -0.25) is 0 Å². The highest BCUT2D eigenvalue weighted by Gasteiger charge is 2.18.